The van der Waals surface area contributed by atoms with E-state index >= 15 is 0 Å². The number of nitrogens with zero attached hydrogens (tertiary/aromatic N) is 1. The molecule has 3 fully saturated rings. The summed E-state index contributed by atoms with van der Waals surface area (Å²) in [4.78, 5) is 14.6. The molecule has 3 atom stereocenters. The molecule has 120 valence electrons. The topological polar surface area (TPSA) is 29.5 Å². The molecule has 3 aliphatic rings. The lowest BCUT2D eigenvalue weighted by Gasteiger charge is -2.38. The number of ether oxygens (including phenoxy) is 1. The molecule has 0 unspecified atom stereocenters. The Bertz CT molecular complexity index is 398. The first-order chi connectivity index (χ1) is 9.93. The Hall–Kier alpha value is -0.570. The van der Waals surface area contributed by atoms with Gasteiger partial charge in [0.2, 0.25) is 0 Å². The maximum absolute atomic E-state index is 12.3. The van der Waals surface area contributed by atoms with Crippen LogP contribution in [0.15, 0.2) is 0 Å². The highest BCUT2D eigenvalue weighted by molar-refractivity contribution is 5.72. The largest absolute Gasteiger partial charge is 0.461 e. The van der Waals surface area contributed by atoms with Gasteiger partial charge in [0.25, 0.3) is 0 Å². The Morgan fingerprint density at radius 1 is 1.14 bits per heavy atom. The van der Waals surface area contributed by atoms with Crippen LogP contribution in [0.3, 0.4) is 0 Å². The lowest BCUT2D eigenvalue weighted by molar-refractivity contribution is -0.158. The first-order valence-corrected chi connectivity index (χ1v) is 8.85. The first-order valence-electron chi connectivity index (χ1n) is 8.85. The van der Waals surface area contributed by atoms with Crippen LogP contribution in [-0.4, -0.2) is 36.6 Å². The van der Waals surface area contributed by atoms with Crippen LogP contribution in [0, 0.1) is 16.7 Å². The number of carbonyl (C=O) groups excluding carboxylic acids is 1. The van der Waals surface area contributed by atoms with E-state index in [0.29, 0.717) is 12.0 Å². The van der Waals surface area contributed by atoms with E-state index < -0.39 is 0 Å². The number of likely N-dealkylation sites (tertiary alicyclic amines) is 1. The van der Waals surface area contributed by atoms with E-state index in [1.54, 1.807) is 0 Å². The second-order valence-corrected chi connectivity index (χ2v) is 8.28. The van der Waals surface area contributed by atoms with Crippen LogP contribution in [0.2, 0.25) is 0 Å². The van der Waals surface area contributed by atoms with Gasteiger partial charge in [-0.2, -0.15) is 0 Å². The molecule has 0 amide bonds. The highest BCUT2D eigenvalue weighted by Crippen LogP contribution is 2.66. The summed E-state index contributed by atoms with van der Waals surface area (Å²) in [5, 5.41) is 0. The molecular formula is C18H31NO2. The van der Waals surface area contributed by atoms with Crippen LogP contribution >= 0.6 is 0 Å². The molecule has 2 aliphatic carbocycles. The Morgan fingerprint density at radius 2 is 1.81 bits per heavy atom. The number of hydrogen-bond donors (Lipinski definition) is 0. The van der Waals surface area contributed by atoms with Crippen molar-refractivity contribution >= 4 is 5.97 Å². The molecule has 21 heavy (non-hydrogen) atoms. The van der Waals surface area contributed by atoms with Crippen LogP contribution in [-0.2, 0) is 9.53 Å². The van der Waals surface area contributed by atoms with E-state index in [2.05, 4.69) is 25.7 Å². The van der Waals surface area contributed by atoms with E-state index in [9.17, 15) is 4.79 Å². The average molecular weight is 293 g/mol. The Labute approximate surface area is 129 Å². The number of rotatable bonds is 3. The van der Waals surface area contributed by atoms with Gasteiger partial charge in [-0.3, -0.25) is 9.69 Å². The van der Waals surface area contributed by atoms with Crippen molar-refractivity contribution < 1.29 is 9.53 Å². The van der Waals surface area contributed by atoms with Gasteiger partial charge in [-0.15, -0.1) is 0 Å². The Morgan fingerprint density at radius 3 is 2.33 bits per heavy atom. The van der Waals surface area contributed by atoms with Gasteiger partial charge in [0.1, 0.15) is 6.10 Å². The van der Waals surface area contributed by atoms with E-state index in [4.69, 9.17) is 4.74 Å². The van der Waals surface area contributed by atoms with Gasteiger partial charge >= 0.3 is 5.97 Å². The third kappa shape index (κ3) is 2.62. The van der Waals surface area contributed by atoms with E-state index in [-0.39, 0.29) is 17.5 Å². The fourth-order valence-corrected chi connectivity index (χ4v) is 4.98. The minimum absolute atomic E-state index is 0.00600. The number of esters is 1. The maximum Gasteiger partial charge on any atom is 0.320 e. The van der Waals surface area contributed by atoms with Gasteiger partial charge in [-0.05, 0) is 56.5 Å². The summed E-state index contributed by atoms with van der Waals surface area (Å²) >= 11 is 0. The zero-order valence-electron chi connectivity index (χ0n) is 14.0. The molecule has 0 radical (unpaired) electrons. The maximum atomic E-state index is 12.3. The number of hydrogen-bond acceptors (Lipinski definition) is 3. The summed E-state index contributed by atoms with van der Waals surface area (Å²) < 4.78 is 5.95. The van der Waals surface area contributed by atoms with Crippen molar-refractivity contribution in [2.75, 3.05) is 19.6 Å². The standard InChI is InChI=1S/C18H31NO2/c1-17(2)14-8-9-18(17,3)15(12-14)21-16(20)13-19-10-6-4-5-7-11-19/h14-15H,4-13H2,1-3H3/t14-,15+,18-/m1/s1. The smallest absolute Gasteiger partial charge is 0.320 e. The summed E-state index contributed by atoms with van der Waals surface area (Å²) in [5.41, 5.74) is 0.507. The second kappa shape index (κ2) is 5.57. The summed E-state index contributed by atoms with van der Waals surface area (Å²) in [6, 6.07) is 0. The summed E-state index contributed by atoms with van der Waals surface area (Å²) in [6.45, 7) is 9.69. The number of carbonyl (C=O) groups is 1. The molecular weight excluding hydrogens is 262 g/mol. The first kappa shape index (κ1) is 15.3. The average Bonchev–Trinajstić information content (AvgIpc) is 2.69. The molecule has 3 heteroatoms. The molecule has 3 nitrogen and oxygen atoms in total. The van der Waals surface area contributed by atoms with Crippen molar-refractivity contribution in [2.45, 2.75) is 71.8 Å². The molecule has 0 aromatic heterocycles. The highest BCUT2D eigenvalue weighted by Gasteiger charge is 2.62. The van der Waals surface area contributed by atoms with Crippen molar-refractivity contribution in [2.24, 2.45) is 16.7 Å². The van der Waals surface area contributed by atoms with Crippen molar-refractivity contribution in [3.8, 4) is 0 Å². The normalized spacial score (nSPS) is 39.2. The third-order valence-electron chi connectivity index (χ3n) is 7.04. The minimum Gasteiger partial charge on any atom is -0.461 e. The summed E-state index contributed by atoms with van der Waals surface area (Å²) in [7, 11) is 0. The summed E-state index contributed by atoms with van der Waals surface area (Å²) in [5.74, 6) is 0.741. The molecule has 0 aromatic carbocycles. The van der Waals surface area contributed by atoms with E-state index in [0.717, 1.165) is 25.4 Å². The number of fused-ring (bicyclic) bond motifs is 2. The molecule has 2 bridgehead atoms. The molecule has 0 aromatic rings. The highest BCUT2D eigenvalue weighted by atomic mass is 16.5. The lowest BCUT2D eigenvalue weighted by Crippen LogP contribution is -2.40. The SMILES string of the molecule is CC1(C)[C@@H]2CC[C@]1(C)[C@@H](OC(=O)CN1CCCCCC1)C2. The van der Waals surface area contributed by atoms with Crippen molar-refractivity contribution in [1.29, 1.82) is 0 Å². The van der Waals surface area contributed by atoms with Crippen LogP contribution < -0.4 is 0 Å². The molecule has 0 spiro atoms. The van der Waals surface area contributed by atoms with Gasteiger partial charge in [-0.25, -0.2) is 0 Å². The Balaban J connectivity index is 1.56. The van der Waals surface area contributed by atoms with Crippen LogP contribution in [0.4, 0.5) is 0 Å². The Kier molecular flexibility index (Phi) is 4.06. The quantitative estimate of drug-likeness (QED) is 0.744. The summed E-state index contributed by atoms with van der Waals surface area (Å²) in [6.07, 6.45) is 8.81. The zero-order chi connectivity index (χ0) is 15.1. The van der Waals surface area contributed by atoms with Crippen LogP contribution in [0.5, 0.6) is 0 Å². The molecule has 1 saturated heterocycles. The predicted octanol–water partition coefficient (Wildman–Crippen LogP) is 3.62. The van der Waals surface area contributed by atoms with Gasteiger partial charge in [-0.1, -0.05) is 33.6 Å². The van der Waals surface area contributed by atoms with Crippen LogP contribution in [0.25, 0.3) is 0 Å². The van der Waals surface area contributed by atoms with Crippen LogP contribution in [0.1, 0.15) is 65.7 Å². The van der Waals surface area contributed by atoms with Crippen molar-refractivity contribution in [3.63, 3.8) is 0 Å². The van der Waals surface area contributed by atoms with Gasteiger partial charge in [0.15, 0.2) is 0 Å². The minimum atomic E-state index is 0.00600. The second-order valence-electron chi connectivity index (χ2n) is 8.28. The molecule has 3 rings (SSSR count). The van der Waals surface area contributed by atoms with Gasteiger partial charge in [0, 0.05) is 5.41 Å². The van der Waals surface area contributed by atoms with Gasteiger partial charge < -0.3 is 4.74 Å². The molecule has 2 saturated carbocycles. The zero-order valence-corrected chi connectivity index (χ0v) is 14.0. The molecule has 1 heterocycles. The lowest BCUT2D eigenvalue weighted by atomic mass is 9.70. The molecule has 1 aliphatic heterocycles. The van der Waals surface area contributed by atoms with E-state index in [1.807, 2.05) is 0 Å². The fourth-order valence-electron chi connectivity index (χ4n) is 4.98. The third-order valence-corrected chi connectivity index (χ3v) is 7.04. The fraction of sp³-hybridized carbons (Fsp3) is 0.944. The van der Waals surface area contributed by atoms with Crippen molar-refractivity contribution in [1.82, 2.24) is 4.90 Å². The van der Waals surface area contributed by atoms with Crippen molar-refractivity contribution in [3.05, 3.63) is 0 Å². The van der Waals surface area contributed by atoms with E-state index in [1.165, 1.54) is 38.5 Å². The predicted molar refractivity (Wildman–Crippen MR) is 84.0 cm³/mol. The van der Waals surface area contributed by atoms with Gasteiger partial charge in [0.05, 0.1) is 6.54 Å². The molecule has 0 N–H and O–H groups in total. The monoisotopic (exact) mass is 293 g/mol.